The van der Waals surface area contributed by atoms with Gasteiger partial charge in [-0.25, -0.2) is 0 Å². The van der Waals surface area contributed by atoms with Crippen molar-refractivity contribution in [1.82, 2.24) is 20.0 Å². The summed E-state index contributed by atoms with van der Waals surface area (Å²) in [5.41, 5.74) is 0. The summed E-state index contributed by atoms with van der Waals surface area (Å²) in [7, 11) is 0. The van der Waals surface area contributed by atoms with Gasteiger partial charge in [0.25, 0.3) is 0 Å². The molecule has 1 aromatic heterocycles. The van der Waals surface area contributed by atoms with Gasteiger partial charge in [0.15, 0.2) is 0 Å². The molecule has 2 aliphatic heterocycles. The molecule has 7 nitrogen and oxygen atoms in total. The van der Waals surface area contributed by atoms with E-state index in [0.717, 1.165) is 44.8 Å². The molecule has 2 aliphatic rings. The Hall–Kier alpha value is -1.73. The number of nitrogens with zero attached hydrogens (tertiary/aromatic N) is 4. The molecule has 1 unspecified atom stereocenters. The summed E-state index contributed by atoms with van der Waals surface area (Å²) in [5.74, 6) is 1.00. The first-order valence-electron chi connectivity index (χ1n) is 8.44. The number of anilines is 1. The van der Waals surface area contributed by atoms with Crippen molar-refractivity contribution in [1.29, 1.82) is 0 Å². The predicted octanol–water partition coefficient (Wildman–Crippen LogP) is 0.602. The highest BCUT2D eigenvalue weighted by atomic mass is 16.5. The molecule has 0 spiro atoms. The Morgan fingerprint density at radius 3 is 2.96 bits per heavy atom. The zero-order chi connectivity index (χ0) is 15.9. The predicted molar refractivity (Wildman–Crippen MR) is 87.1 cm³/mol. The highest BCUT2D eigenvalue weighted by molar-refractivity contribution is 5.78. The average Bonchev–Trinajstić information content (AvgIpc) is 2.62. The third-order valence-corrected chi connectivity index (χ3v) is 4.37. The van der Waals surface area contributed by atoms with Crippen molar-refractivity contribution >= 4 is 11.7 Å². The molecular formula is C16H25N5O2. The lowest BCUT2D eigenvalue weighted by molar-refractivity contribution is -0.135. The van der Waals surface area contributed by atoms with Gasteiger partial charge in [-0.3, -0.25) is 9.69 Å². The molecule has 1 N–H and O–H groups in total. The summed E-state index contributed by atoms with van der Waals surface area (Å²) in [6.45, 7) is 5.27. The first-order valence-corrected chi connectivity index (χ1v) is 8.44. The fraction of sp³-hybridized carbons (Fsp3) is 0.688. The maximum absolute atomic E-state index is 12.4. The Bertz CT molecular complexity index is 493. The molecule has 1 aromatic rings. The van der Waals surface area contributed by atoms with Crippen LogP contribution in [0.5, 0.6) is 0 Å². The van der Waals surface area contributed by atoms with Crippen LogP contribution in [0.4, 0.5) is 5.82 Å². The van der Waals surface area contributed by atoms with E-state index in [0.29, 0.717) is 19.7 Å². The second-order valence-electron chi connectivity index (χ2n) is 6.16. The van der Waals surface area contributed by atoms with Gasteiger partial charge in [0.1, 0.15) is 5.82 Å². The number of morpholine rings is 1. The van der Waals surface area contributed by atoms with Gasteiger partial charge in [-0.1, -0.05) is 0 Å². The van der Waals surface area contributed by atoms with Gasteiger partial charge in [-0.15, -0.1) is 5.10 Å². The minimum atomic E-state index is 0.0694. The van der Waals surface area contributed by atoms with Crippen LogP contribution >= 0.6 is 0 Å². The average molecular weight is 319 g/mol. The molecular weight excluding hydrogens is 294 g/mol. The molecule has 1 atom stereocenters. The molecule has 0 saturated carbocycles. The van der Waals surface area contributed by atoms with Crippen molar-refractivity contribution < 1.29 is 9.53 Å². The number of hydrogen-bond donors (Lipinski definition) is 1. The number of nitrogens with one attached hydrogen (secondary N) is 1. The molecule has 1 amide bonds. The van der Waals surface area contributed by atoms with Crippen molar-refractivity contribution in [2.45, 2.75) is 25.4 Å². The summed E-state index contributed by atoms with van der Waals surface area (Å²) in [5, 5.41) is 11.1. The van der Waals surface area contributed by atoms with Crippen LogP contribution in [0.3, 0.4) is 0 Å². The molecule has 2 saturated heterocycles. The number of carbonyl (C=O) groups excluding carboxylic acids is 1. The van der Waals surface area contributed by atoms with Gasteiger partial charge in [0.05, 0.1) is 19.3 Å². The SMILES string of the molecule is O=C(CN1CCOC(CNc2cccnn2)C1)N1CCCCC1. The molecule has 2 fully saturated rings. The number of hydrogen-bond acceptors (Lipinski definition) is 6. The number of piperidine rings is 1. The summed E-state index contributed by atoms with van der Waals surface area (Å²) < 4.78 is 5.78. The summed E-state index contributed by atoms with van der Waals surface area (Å²) >= 11 is 0. The Morgan fingerprint density at radius 2 is 2.17 bits per heavy atom. The van der Waals surface area contributed by atoms with Gasteiger partial charge < -0.3 is 15.0 Å². The first-order chi connectivity index (χ1) is 11.3. The van der Waals surface area contributed by atoms with Gasteiger partial charge in [-0.2, -0.15) is 5.10 Å². The minimum Gasteiger partial charge on any atom is -0.374 e. The first kappa shape index (κ1) is 16.1. The number of ether oxygens (including phenoxy) is 1. The van der Waals surface area contributed by atoms with E-state index in [9.17, 15) is 4.79 Å². The maximum atomic E-state index is 12.4. The van der Waals surface area contributed by atoms with E-state index < -0.39 is 0 Å². The monoisotopic (exact) mass is 319 g/mol. The van der Waals surface area contributed by atoms with E-state index in [2.05, 4.69) is 20.4 Å². The van der Waals surface area contributed by atoms with Crippen molar-refractivity contribution in [3.63, 3.8) is 0 Å². The van der Waals surface area contributed by atoms with E-state index in [1.165, 1.54) is 6.42 Å². The van der Waals surface area contributed by atoms with Gasteiger partial charge in [0, 0.05) is 38.9 Å². The molecule has 0 aromatic carbocycles. The van der Waals surface area contributed by atoms with E-state index in [1.54, 1.807) is 6.20 Å². The topological polar surface area (TPSA) is 70.6 Å². The Morgan fingerprint density at radius 1 is 1.30 bits per heavy atom. The third kappa shape index (κ3) is 4.87. The molecule has 3 rings (SSSR count). The van der Waals surface area contributed by atoms with Gasteiger partial charge in [0.2, 0.25) is 5.91 Å². The Kier molecular flexibility index (Phi) is 5.76. The van der Waals surface area contributed by atoms with Crippen LogP contribution in [-0.4, -0.2) is 77.9 Å². The van der Waals surface area contributed by atoms with Crippen LogP contribution < -0.4 is 5.32 Å². The maximum Gasteiger partial charge on any atom is 0.236 e. The zero-order valence-electron chi connectivity index (χ0n) is 13.5. The lowest BCUT2D eigenvalue weighted by atomic mass is 10.1. The van der Waals surface area contributed by atoms with Crippen LogP contribution in [0.25, 0.3) is 0 Å². The van der Waals surface area contributed by atoms with Crippen LogP contribution in [0, 0.1) is 0 Å². The lowest BCUT2D eigenvalue weighted by Gasteiger charge is -2.34. The van der Waals surface area contributed by atoms with E-state index >= 15 is 0 Å². The zero-order valence-corrected chi connectivity index (χ0v) is 13.5. The van der Waals surface area contributed by atoms with Crippen LogP contribution in [-0.2, 0) is 9.53 Å². The van der Waals surface area contributed by atoms with Crippen LogP contribution in [0.15, 0.2) is 18.3 Å². The Labute approximate surface area is 137 Å². The molecule has 0 aliphatic carbocycles. The smallest absolute Gasteiger partial charge is 0.236 e. The van der Waals surface area contributed by atoms with Crippen molar-refractivity contribution in [2.75, 3.05) is 51.2 Å². The molecule has 126 valence electrons. The highest BCUT2D eigenvalue weighted by Gasteiger charge is 2.24. The largest absolute Gasteiger partial charge is 0.374 e. The Balaban J connectivity index is 1.43. The molecule has 7 heteroatoms. The van der Waals surface area contributed by atoms with Crippen molar-refractivity contribution in [3.8, 4) is 0 Å². The number of rotatable bonds is 5. The lowest BCUT2D eigenvalue weighted by Crippen LogP contribution is -2.50. The van der Waals surface area contributed by atoms with Crippen LogP contribution in [0.1, 0.15) is 19.3 Å². The summed E-state index contributed by atoms with van der Waals surface area (Å²) in [4.78, 5) is 16.6. The summed E-state index contributed by atoms with van der Waals surface area (Å²) in [6.07, 6.45) is 5.24. The highest BCUT2D eigenvalue weighted by Crippen LogP contribution is 2.11. The molecule has 0 bridgehead atoms. The van der Waals surface area contributed by atoms with E-state index in [4.69, 9.17) is 4.74 Å². The fourth-order valence-corrected chi connectivity index (χ4v) is 3.10. The van der Waals surface area contributed by atoms with Crippen molar-refractivity contribution in [2.24, 2.45) is 0 Å². The third-order valence-electron chi connectivity index (χ3n) is 4.37. The number of aromatic nitrogens is 2. The summed E-state index contributed by atoms with van der Waals surface area (Å²) in [6, 6.07) is 3.73. The van der Waals surface area contributed by atoms with Gasteiger partial charge in [-0.05, 0) is 31.4 Å². The van der Waals surface area contributed by atoms with Crippen molar-refractivity contribution in [3.05, 3.63) is 18.3 Å². The molecule has 0 radical (unpaired) electrons. The second-order valence-corrected chi connectivity index (χ2v) is 6.16. The standard InChI is InChI=1S/C16H25N5O2/c22-16(21-7-2-1-3-8-21)13-20-9-10-23-14(12-20)11-17-15-5-4-6-18-19-15/h4-6,14H,1-3,7-13H2,(H,17,19). The van der Waals surface area contributed by atoms with Gasteiger partial charge >= 0.3 is 0 Å². The van der Waals surface area contributed by atoms with E-state index in [-0.39, 0.29) is 12.0 Å². The number of amides is 1. The minimum absolute atomic E-state index is 0.0694. The fourth-order valence-electron chi connectivity index (χ4n) is 3.10. The second kappa shape index (κ2) is 8.21. The van der Waals surface area contributed by atoms with Crippen LogP contribution in [0.2, 0.25) is 0 Å². The normalized spacial score (nSPS) is 22.8. The molecule has 23 heavy (non-hydrogen) atoms. The number of carbonyl (C=O) groups is 1. The quantitative estimate of drug-likeness (QED) is 0.857. The van der Waals surface area contributed by atoms with E-state index in [1.807, 2.05) is 17.0 Å². The molecule has 3 heterocycles. The number of likely N-dealkylation sites (tertiary alicyclic amines) is 1.